The zero-order valence-corrected chi connectivity index (χ0v) is 13.4. The number of benzene rings is 2. The van der Waals surface area contributed by atoms with Crippen molar-refractivity contribution in [1.82, 2.24) is 0 Å². The smallest absolute Gasteiger partial charge is 0.142 e. The highest BCUT2D eigenvalue weighted by molar-refractivity contribution is 6.35. The highest BCUT2D eigenvalue weighted by Crippen LogP contribution is 2.32. The summed E-state index contributed by atoms with van der Waals surface area (Å²) >= 11 is 11.9. The number of phenols is 1. The SMILES string of the molecule is CCOc1cc(C)ccc1NCc1cc(Cl)cc(Cl)c1O. The molecule has 0 amide bonds. The number of anilines is 1. The van der Waals surface area contributed by atoms with E-state index < -0.39 is 0 Å². The van der Waals surface area contributed by atoms with Gasteiger partial charge >= 0.3 is 0 Å². The molecule has 2 aromatic carbocycles. The van der Waals surface area contributed by atoms with E-state index in [0.717, 1.165) is 17.0 Å². The molecule has 0 atom stereocenters. The van der Waals surface area contributed by atoms with Crippen LogP contribution in [0.4, 0.5) is 5.69 Å². The van der Waals surface area contributed by atoms with E-state index in [1.54, 1.807) is 6.07 Å². The molecule has 0 spiro atoms. The Bertz CT molecular complexity index is 644. The maximum atomic E-state index is 9.95. The molecule has 0 unspecified atom stereocenters. The molecule has 0 aliphatic heterocycles. The number of hydrogen-bond donors (Lipinski definition) is 2. The molecule has 0 aliphatic carbocycles. The molecule has 0 saturated carbocycles. The predicted octanol–water partition coefficient (Wildman–Crippen LogP) is 5.02. The van der Waals surface area contributed by atoms with Gasteiger partial charge in [-0.1, -0.05) is 29.3 Å². The number of phenolic OH excluding ortho intramolecular Hbond substituents is 1. The minimum Gasteiger partial charge on any atom is -0.506 e. The minimum absolute atomic E-state index is 0.0404. The maximum Gasteiger partial charge on any atom is 0.142 e. The van der Waals surface area contributed by atoms with Gasteiger partial charge < -0.3 is 15.2 Å². The second-order valence-corrected chi connectivity index (χ2v) is 5.53. The van der Waals surface area contributed by atoms with E-state index in [0.29, 0.717) is 23.7 Å². The van der Waals surface area contributed by atoms with Crippen LogP contribution in [0, 0.1) is 6.92 Å². The lowest BCUT2D eigenvalue weighted by Crippen LogP contribution is -2.03. The van der Waals surface area contributed by atoms with Gasteiger partial charge in [0.2, 0.25) is 0 Å². The van der Waals surface area contributed by atoms with Gasteiger partial charge in [-0.05, 0) is 43.7 Å². The second kappa shape index (κ2) is 6.92. The Labute approximate surface area is 134 Å². The summed E-state index contributed by atoms with van der Waals surface area (Å²) in [5.74, 6) is 0.823. The summed E-state index contributed by atoms with van der Waals surface area (Å²) in [5.41, 5.74) is 2.62. The van der Waals surface area contributed by atoms with Crippen LogP contribution < -0.4 is 10.1 Å². The van der Waals surface area contributed by atoms with E-state index in [-0.39, 0.29) is 10.8 Å². The zero-order valence-electron chi connectivity index (χ0n) is 11.9. The van der Waals surface area contributed by atoms with Gasteiger partial charge in [0.25, 0.3) is 0 Å². The number of ether oxygens (including phenoxy) is 1. The molecule has 3 nitrogen and oxygen atoms in total. The summed E-state index contributed by atoms with van der Waals surface area (Å²) in [6.45, 7) is 4.94. The monoisotopic (exact) mass is 325 g/mol. The summed E-state index contributed by atoms with van der Waals surface area (Å²) in [5, 5.41) is 13.9. The lowest BCUT2D eigenvalue weighted by molar-refractivity contribution is 0.341. The highest BCUT2D eigenvalue weighted by Gasteiger charge is 2.09. The van der Waals surface area contributed by atoms with Crippen molar-refractivity contribution in [3.05, 3.63) is 51.5 Å². The van der Waals surface area contributed by atoms with Crippen molar-refractivity contribution in [3.8, 4) is 11.5 Å². The summed E-state index contributed by atoms with van der Waals surface area (Å²) in [6.07, 6.45) is 0. The fraction of sp³-hybridized carbons (Fsp3) is 0.250. The molecular weight excluding hydrogens is 309 g/mol. The maximum absolute atomic E-state index is 9.95. The number of nitrogens with one attached hydrogen (secondary N) is 1. The first-order valence-electron chi connectivity index (χ1n) is 6.65. The molecular formula is C16H17Cl2NO2. The fourth-order valence-electron chi connectivity index (χ4n) is 1.99. The Morgan fingerprint density at radius 1 is 1.19 bits per heavy atom. The number of rotatable bonds is 5. The second-order valence-electron chi connectivity index (χ2n) is 4.68. The highest BCUT2D eigenvalue weighted by atomic mass is 35.5. The van der Waals surface area contributed by atoms with E-state index in [1.807, 2.05) is 32.0 Å². The summed E-state index contributed by atoms with van der Waals surface area (Å²) in [4.78, 5) is 0. The van der Waals surface area contributed by atoms with Crippen molar-refractivity contribution in [3.63, 3.8) is 0 Å². The minimum atomic E-state index is 0.0404. The summed E-state index contributed by atoms with van der Waals surface area (Å²) in [6, 6.07) is 9.11. The lowest BCUT2D eigenvalue weighted by atomic mass is 10.1. The van der Waals surface area contributed by atoms with E-state index in [2.05, 4.69) is 5.32 Å². The quantitative estimate of drug-likeness (QED) is 0.811. The Hall–Kier alpha value is -1.58. The average molecular weight is 326 g/mol. The van der Waals surface area contributed by atoms with Crippen LogP contribution in [0.3, 0.4) is 0 Å². The molecule has 0 fully saturated rings. The van der Waals surface area contributed by atoms with Crippen LogP contribution in [0.2, 0.25) is 10.0 Å². The van der Waals surface area contributed by atoms with Crippen LogP contribution in [0.25, 0.3) is 0 Å². The molecule has 0 aliphatic rings. The Morgan fingerprint density at radius 3 is 2.67 bits per heavy atom. The molecule has 112 valence electrons. The van der Waals surface area contributed by atoms with Crippen molar-refractivity contribution in [2.75, 3.05) is 11.9 Å². The van der Waals surface area contributed by atoms with Gasteiger partial charge in [-0.3, -0.25) is 0 Å². The first-order valence-corrected chi connectivity index (χ1v) is 7.41. The van der Waals surface area contributed by atoms with Gasteiger partial charge in [-0.25, -0.2) is 0 Å². The molecule has 0 saturated heterocycles. The third-order valence-electron chi connectivity index (χ3n) is 3.01. The Morgan fingerprint density at radius 2 is 1.95 bits per heavy atom. The first kappa shape index (κ1) is 15.8. The molecule has 0 bridgehead atoms. The van der Waals surface area contributed by atoms with E-state index in [9.17, 15) is 5.11 Å². The fourth-order valence-corrected chi connectivity index (χ4v) is 2.53. The number of halogens is 2. The van der Waals surface area contributed by atoms with Gasteiger partial charge in [-0.2, -0.15) is 0 Å². The number of aromatic hydroxyl groups is 1. The van der Waals surface area contributed by atoms with Crippen molar-refractivity contribution < 1.29 is 9.84 Å². The molecule has 2 aromatic rings. The van der Waals surface area contributed by atoms with Crippen LogP contribution >= 0.6 is 23.2 Å². The van der Waals surface area contributed by atoms with Gasteiger partial charge in [0.05, 0.1) is 17.3 Å². The normalized spacial score (nSPS) is 10.5. The number of aryl methyl sites for hydroxylation is 1. The van der Waals surface area contributed by atoms with Crippen molar-refractivity contribution in [1.29, 1.82) is 0 Å². The predicted molar refractivity (Wildman–Crippen MR) is 87.8 cm³/mol. The lowest BCUT2D eigenvalue weighted by Gasteiger charge is -2.14. The van der Waals surface area contributed by atoms with Gasteiger partial charge in [0.15, 0.2) is 0 Å². The number of hydrogen-bond acceptors (Lipinski definition) is 3. The molecule has 21 heavy (non-hydrogen) atoms. The Kier molecular flexibility index (Phi) is 5.21. The molecule has 2 rings (SSSR count). The van der Waals surface area contributed by atoms with Gasteiger partial charge in [-0.15, -0.1) is 0 Å². The standard InChI is InChI=1S/C16H17Cl2NO2/c1-3-21-15-6-10(2)4-5-14(15)19-9-11-7-12(17)8-13(18)16(11)20/h4-8,19-20H,3,9H2,1-2H3. The van der Waals surface area contributed by atoms with Crippen molar-refractivity contribution >= 4 is 28.9 Å². The van der Waals surface area contributed by atoms with Crippen LogP contribution in [-0.2, 0) is 6.54 Å². The third kappa shape index (κ3) is 3.96. The van der Waals surface area contributed by atoms with Gasteiger partial charge in [0, 0.05) is 17.1 Å². The van der Waals surface area contributed by atoms with E-state index in [4.69, 9.17) is 27.9 Å². The van der Waals surface area contributed by atoms with Crippen LogP contribution in [-0.4, -0.2) is 11.7 Å². The zero-order chi connectivity index (χ0) is 15.4. The van der Waals surface area contributed by atoms with Crippen molar-refractivity contribution in [2.24, 2.45) is 0 Å². The van der Waals surface area contributed by atoms with E-state index >= 15 is 0 Å². The summed E-state index contributed by atoms with van der Waals surface area (Å²) < 4.78 is 5.61. The first-order chi connectivity index (χ1) is 10.0. The van der Waals surface area contributed by atoms with Crippen LogP contribution in [0.15, 0.2) is 30.3 Å². The van der Waals surface area contributed by atoms with Crippen LogP contribution in [0.1, 0.15) is 18.1 Å². The topological polar surface area (TPSA) is 41.5 Å². The van der Waals surface area contributed by atoms with Crippen molar-refractivity contribution in [2.45, 2.75) is 20.4 Å². The molecule has 0 aromatic heterocycles. The molecule has 0 radical (unpaired) electrons. The molecule has 5 heteroatoms. The Balaban J connectivity index is 2.20. The van der Waals surface area contributed by atoms with E-state index in [1.165, 1.54) is 6.07 Å². The summed E-state index contributed by atoms with van der Waals surface area (Å²) in [7, 11) is 0. The molecule has 0 heterocycles. The largest absolute Gasteiger partial charge is 0.506 e. The molecule has 2 N–H and O–H groups in total. The van der Waals surface area contributed by atoms with Gasteiger partial charge in [0.1, 0.15) is 11.5 Å². The third-order valence-corrected chi connectivity index (χ3v) is 3.52. The average Bonchev–Trinajstić information content (AvgIpc) is 2.43. The van der Waals surface area contributed by atoms with Crippen LogP contribution in [0.5, 0.6) is 11.5 Å².